The number of aromatic nitrogens is 1. The van der Waals surface area contributed by atoms with Crippen molar-refractivity contribution in [3.63, 3.8) is 0 Å². The average Bonchev–Trinajstić information content (AvgIpc) is 2.64. The molecule has 25 heavy (non-hydrogen) atoms. The zero-order valence-corrected chi connectivity index (χ0v) is 15.2. The van der Waals surface area contributed by atoms with Gasteiger partial charge in [-0.3, -0.25) is 4.79 Å². The van der Waals surface area contributed by atoms with Gasteiger partial charge in [0.05, 0.1) is 11.7 Å². The lowest BCUT2D eigenvalue weighted by molar-refractivity contribution is 0.0945. The summed E-state index contributed by atoms with van der Waals surface area (Å²) in [5, 5.41) is 12.6. The van der Waals surface area contributed by atoms with Crippen LogP contribution in [0, 0.1) is 0 Å². The molecular weight excluding hydrogens is 316 g/mol. The van der Waals surface area contributed by atoms with Crippen LogP contribution in [0.15, 0.2) is 18.3 Å². The van der Waals surface area contributed by atoms with Gasteiger partial charge in [0.2, 0.25) is 0 Å². The van der Waals surface area contributed by atoms with E-state index in [0.717, 1.165) is 44.7 Å². The van der Waals surface area contributed by atoms with Crippen LogP contribution in [-0.4, -0.2) is 66.3 Å². The molecule has 0 radical (unpaired) electrons. The average molecular weight is 346 g/mol. The Labute approximate surface area is 150 Å². The Hall–Kier alpha value is -1.66. The third-order valence-electron chi connectivity index (χ3n) is 5.48. The summed E-state index contributed by atoms with van der Waals surface area (Å²) in [6.45, 7) is 3.50. The Morgan fingerprint density at radius 1 is 1.24 bits per heavy atom. The van der Waals surface area contributed by atoms with Gasteiger partial charge in [-0.1, -0.05) is 6.42 Å². The Kier molecular flexibility index (Phi) is 6.26. The zero-order chi connectivity index (χ0) is 17.6. The summed E-state index contributed by atoms with van der Waals surface area (Å²) in [5.74, 6) is 0.832. The lowest BCUT2D eigenvalue weighted by Crippen LogP contribution is -2.39. The van der Waals surface area contributed by atoms with Crippen molar-refractivity contribution < 1.29 is 9.90 Å². The van der Waals surface area contributed by atoms with Crippen molar-refractivity contribution in [2.24, 2.45) is 0 Å². The van der Waals surface area contributed by atoms with Crippen LogP contribution in [0.3, 0.4) is 0 Å². The number of nitrogens with one attached hydrogen (secondary N) is 1. The van der Waals surface area contributed by atoms with Crippen LogP contribution in [0.25, 0.3) is 0 Å². The molecule has 0 saturated carbocycles. The molecule has 138 valence electrons. The third kappa shape index (κ3) is 4.92. The molecule has 2 N–H and O–H groups in total. The first-order chi connectivity index (χ1) is 12.1. The lowest BCUT2D eigenvalue weighted by Gasteiger charge is -2.32. The fourth-order valence-corrected chi connectivity index (χ4v) is 3.77. The molecule has 0 aromatic carbocycles. The van der Waals surface area contributed by atoms with E-state index in [0.29, 0.717) is 18.2 Å². The van der Waals surface area contributed by atoms with Crippen LogP contribution in [0.2, 0.25) is 0 Å². The molecule has 0 spiro atoms. The van der Waals surface area contributed by atoms with E-state index in [1.165, 1.54) is 19.3 Å². The van der Waals surface area contributed by atoms with Crippen molar-refractivity contribution in [1.29, 1.82) is 0 Å². The van der Waals surface area contributed by atoms with E-state index in [4.69, 9.17) is 0 Å². The number of aliphatic hydroxyl groups is 1. The topological polar surface area (TPSA) is 68.7 Å². The highest BCUT2D eigenvalue weighted by Gasteiger charge is 2.20. The number of nitrogens with zero attached hydrogens (tertiary/aromatic N) is 3. The van der Waals surface area contributed by atoms with Gasteiger partial charge in [-0.25, -0.2) is 4.98 Å². The monoisotopic (exact) mass is 346 g/mol. The number of piperidine rings is 2. The molecular formula is C19H30N4O2. The Morgan fingerprint density at radius 3 is 2.72 bits per heavy atom. The Bertz CT molecular complexity index is 555. The van der Waals surface area contributed by atoms with Crippen molar-refractivity contribution in [1.82, 2.24) is 15.2 Å². The quantitative estimate of drug-likeness (QED) is 0.848. The molecule has 3 rings (SSSR count). The van der Waals surface area contributed by atoms with E-state index in [1.807, 2.05) is 12.1 Å². The maximum Gasteiger partial charge on any atom is 0.252 e. The molecule has 0 aliphatic carbocycles. The number of carbonyl (C=O) groups is 1. The fourth-order valence-electron chi connectivity index (χ4n) is 3.77. The maximum absolute atomic E-state index is 12.3. The van der Waals surface area contributed by atoms with E-state index in [1.54, 1.807) is 6.20 Å². The molecule has 0 bridgehead atoms. The molecule has 2 saturated heterocycles. The van der Waals surface area contributed by atoms with Crippen molar-refractivity contribution in [3.05, 3.63) is 23.9 Å². The van der Waals surface area contributed by atoms with Crippen LogP contribution < -0.4 is 10.2 Å². The van der Waals surface area contributed by atoms with E-state index in [-0.39, 0.29) is 12.0 Å². The standard InChI is InChI=1S/C19H30N4O2/c1-22-11-3-2-4-16(22)7-10-20-19(25)15-5-6-18(21-14-15)23-12-8-17(24)9-13-23/h5-6,14,16-17,24H,2-4,7-13H2,1H3,(H,20,25)/t16-/m0/s1. The normalized spacial score (nSPS) is 22.8. The van der Waals surface area contributed by atoms with Crippen molar-refractivity contribution in [2.45, 2.75) is 50.7 Å². The number of hydrogen-bond donors (Lipinski definition) is 2. The second-order valence-electron chi connectivity index (χ2n) is 7.30. The van der Waals surface area contributed by atoms with Gasteiger partial charge in [0.15, 0.2) is 0 Å². The third-order valence-corrected chi connectivity index (χ3v) is 5.48. The number of carbonyl (C=O) groups excluding carboxylic acids is 1. The Balaban J connectivity index is 1.46. The molecule has 2 aliphatic rings. The molecule has 1 amide bonds. The van der Waals surface area contributed by atoms with Crippen LogP contribution in [0.4, 0.5) is 5.82 Å². The molecule has 2 aliphatic heterocycles. The fraction of sp³-hybridized carbons (Fsp3) is 0.684. The second kappa shape index (κ2) is 8.63. The predicted molar refractivity (Wildman–Crippen MR) is 98.9 cm³/mol. The predicted octanol–water partition coefficient (Wildman–Crippen LogP) is 1.65. The summed E-state index contributed by atoms with van der Waals surface area (Å²) >= 11 is 0. The zero-order valence-electron chi connectivity index (χ0n) is 15.2. The number of rotatable bonds is 5. The first-order valence-corrected chi connectivity index (χ1v) is 9.51. The minimum absolute atomic E-state index is 0.0495. The first-order valence-electron chi connectivity index (χ1n) is 9.51. The summed E-state index contributed by atoms with van der Waals surface area (Å²) in [4.78, 5) is 21.3. The number of amides is 1. The Morgan fingerprint density at radius 2 is 2.04 bits per heavy atom. The van der Waals surface area contributed by atoms with E-state index in [9.17, 15) is 9.90 Å². The molecule has 1 aromatic rings. The number of pyridine rings is 1. The van der Waals surface area contributed by atoms with Gasteiger partial charge in [-0.15, -0.1) is 0 Å². The maximum atomic E-state index is 12.3. The largest absolute Gasteiger partial charge is 0.393 e. The van der Waals surface area contributed by atoms with E-state index in [2.05, 4.69) is 27.1 Å². The van der Waals surface area contributed by atoms with Gasteiger partial charge in [0.1, 0.15) is 5.82 Å². The highest BCUT2D eigenvalue weighted by Crippen LogP contribution is 2.19. The number of aliphatic hydroxyl groups excluding tert-OH is 1. The number of anilines is 1. The summed E-state index contributed by atoms with van der Waals surface area (Å²) in [5.41, 5.74) is 0.609. The second-order valence-corrected chi connectivity index (χ2v) is 7.30. The molecule has 0 unspecified atom stereocenters. The summed E-state index contributed by atoms with van der Waals surface area (Å²) in [6, 6.07) is 4.33. The molecule has 6 heteroatoms. The first kappa shape index (κ1) is 18.1. The van der Waals surface area contributed by atoms with Gasteiger partial charge >= 0.3 is 0 Å². The van der Waals surface area contributed by atoms with Crippen LogP contribution in [0.5, 0.6) is 0 Å². The highest BCUT2D eigenvalue weighted by atomic mass is 16.3. The number of likely N-dealkylation sites (tertiary alicyclic amines) is 1. The van der Waals surface area contributed by atoms with Gasteiger partial charge in [0, 0.05) is 31.9 Å². The minimum Gasteiger partial charge on any atom is -0.393 e. The van der Waals surface area contributed by atoms with Gasteiger partial charge in [-0.2, -0.15) is 0 Å². The van der Waals surface area contributed by atoms with Gasteiger partial charge in [-0.05, 0) is 57.8 Å². The smallest absolute Gasteiger partial charge is 0.252 e. The van der Waals surface area contributed by atoms with Gasteiger partial charge in [0.25, 0.3) is 5.91 Å². The number of hydrogen-bond acceptors (Lipinski definition) is 5. The highest BCUT2D eigenvalue weighted by molar-refractivity contribution is 5.94. The molecule has 2 fully saturated rings. The molecule has 6 nitrogen and oxygen atoms in total. The van der Waals surface area contributed by atoms with Crippen molar-refractivity contribution >= 4 is 11.7 Å². The van der Waals surface area contributed by atoms with E-state index >= 15 is 0 Å². The van der Waals surface area contributed by atoms with Gasteiger partial charge < -0.3 is 20.2 Å². The van der Waals surface area contributed by atoms with Crippen LogP contribution in [-0.2, 0) is 0 Å². The SMILES string of the molecule is CN1CCCC[C@H]1CCNC(=O)c1ccc(N2CCC(O)CC2)nc1. The summed E-state index contributed by atoms with van der Waals surface area (Å²) in [6.07, 6.45) is 7.83. The summed E-state index contributed by atoms with van der Waals surface area (Å²) < 4.78 is 0. The minimum atomic E-state index is -0.190. The molecule has 1 aromatic heterocycles. The van der Waals surface area contributed by atoms with Crippen LogP contribution >= 0.6 is 0 Å². The molecule has 1 atom stereocenters. The lowest BCUT2D eigenvalue weighted by atomic mass is 10.0. The van der Waals surface area contributed by atoms with Crippen molar-refractivity contribution in [2.75, 3.05) is 38.1 Å². The van der Waals surface area contributed by atoms with Crippen molar-refractivity contribution in [3.8, 4) is 0 Å². The van der Waals surface area contributed by atoms with E-state index < -0.39 is 0 Å². The molecule has 3 heterocycles. The summed E-state index contributed by atoms with van der Waals surface area (Å²) in [7, 11) is 2.17. The van der Waals surface area contributed by atoms with Crippen LogP contribution in [0.1, 0.15) is 48.9 Å².